The van der Waals surface area contributed by atoms with Gasteiger partial charge in [-0.15, -0.1) is 0 Å². The molecule has 4 heterocycles. The van der Waals surface area contributed by atoms with Gasteiger partial charge in [0.1, 0.15) is 23.1 Å². The number of nitrogens with one attached hydrogen (secondary N) is 3. The van der Waals surface area contributed by atoms with Gasteiger partial charge in [0.05, 0.1) is 10.8 Å². The Labute approximate surface area is 186 Å². The number of carbonyl (C=O) groups is 2. The molecule has 13 heteroatoms. The monoisotopic (exact) mass is 467 g/mol. The number of amides is 2. The summed E-state index contributed by atoms with van der Waals surface area (Å²) in [7, 11) is -4.12. The Morgan fingerprint density at radius 1 is 1.18 bits per heavy atom. The normalized spacial score (nSPS) is 18.3. The number of sulfonamides is 1. The summed E-state index contributed by atoms with van der Waals surface area (Å²) >= 11 is 0. The zero-order valence-corrected chi connectivity index (χ0v) is 18.0. The third kappa shape index (κ3) is 3.47. The molecule has 2 amide bonds. The Morgan fingerprint density at radius 2 is 1.97 bits per heavy atom. The number of benzene rings is 1. The molecule has 0 bridgehead atoms. The fourth-order valence-corrected chi connectivity index (χ4v) is 5.11. The maximum atomic E-state index is 13.3. The molecule has 1 fully saturated rings. The van der Waals surface area contributed by atoms with Crippen LogP contribution in [0.5, 0.6) is 0 Å². The van der Waals surface area contributed by atoms with Crippen LogP contribution in [0.4, 0.5) is 5.69 Å². The highest BCUT2D eigenvalue weighted by Gasteiger charge is 2.32. The van der Waals surface area contributed by atoms with Crippen LogP contribution in [0.25, 0.3) is 21.9 Å². The summed E-state index contributed by atoms with van der Waals surface area (Å²) in [6.45, 7) is 1.55. The summed E-state index contributed by atoms with van der Waals surface area (Å²) in [5, 5.41) is 8.89. The lowest BCUT2D eigenvalue weighted by molar-refractivity contribution is -0.135. The van der Waals surface area contributed by atoms with Gasteiger partial charge in [-0.05, 0) is 37.6 Å². The van der Waals surface area contributed by atoms with Crippen LogP contribution in [-0.4, -0.2) is 41.1 Å². The highest BCUT2D eigenvalue weighted by molar-refractivity contribution is 7.99. The first-order valence-corrected chi connectivity index (χ1v) is 11.4. The number of anilines is 1. The summed E-state index contributed by atoms with van der Waals surface area (Å²) in [4.78, 5) is 45.5. The molecule has 33 heavy (non-hydrogen) atoms. The summed E-state index contributed by atoms with van der Waals surface area (Å²) in [5.74, 6) is -0.757. The van der Waals surface area contributed by atoms with Crippen molar-refractivity contribution in [3.05, 3.63) is 52.7 Å². The summed E-state index contributed by atoms with van der Waals surface area (Å²) in [6.07, 6.45) is 1.77. The molecule has 2 unspecified atom stereocenters. The SMILES string of the molecule is Cc1nc2c(N[S+](=O)([O-])c3[nH]nc4ncccc34)cccc2c(=O)n1C1CCC(=O)NC1=O. The highest BCUT2D eigenvalue weighted by Crippen LogP contribution is 2.28. The van der Waals surface area contributed by atoms with E-state index in [2.05, 4.69) is 30.2 Å². The number of imide groups is 1. The zero-order valence-electron chi connectivity index (χ0n) is 17.2. The molecular weight excluding hydrogens is 450 g/mol. The van der Waals surface area contributed by atoms with E-state index in [1.165, 1.54) is 29.0 Å². The summed E-state index contributed by atoms with van der Waals surface area (Å²) in [5.41, 5.74) is -0.0371. The Balaban J connectivity index is 1.59. The van der Waals surface area contributed by atoms with Crippen LogP contribution in [0, 0.1) is 6.92 Å². The predicted molar refractivity (Wildman–Crippen MR) is 117 cm³/mol. The molecule has 0 aliphatic carbocycles. The molecule has 3 N–H and O–H groups in total. The number of aryl methyl sites for hydroxylation is 1. The van der Waals surface area contributed by atoms with Crippen molar-refractivity contribution in [1.82, 2.24) is 30.0 Å². The molecule has 0 saturated carbocycles. The number of hydrogen-bond acceptors (Lipinski definition) is 8. The maximum absolute atomic E-state index is 13.3. The molecule has 0 spiro atoms. The highest BCUT2D eigenvalue weighted by atomic mass is 32.3. The quantitative estimate of drug-likeness (QED) is 0.294. The number of fused-ring (bicyclic) bond motifs is 2. The van der Waals surface area contributed by atoms with E-state index in [4.69, 9.17) is 0 Å². The molecule has 5 rings (SSSR count). The molecule has 3 aromatic heterocycles. The van der Waals surface area contributed by atoms with E-state index in [1.807, 2.05) is 0 Å². The van der Waals surface area contributed by atoms with Crippen LogP contribution in [0.15, 0.2) is 46.3 Å². The van der Waals surface area contributed by atoms with Crippen molar-refractivity contribution in [1.29, 1.82) is 0 Å². The lowest BCUT2D eigenvalue weighted by atomic mass is 10.1. The Morgan fingerprint density at radius 3 is 2.76 bits per heavy atom. The predicted octanol–water partition coefficient (Wildman–Crippen LogP) is 0.970. The number of rotatable bonds is 4. The third-order valence-electron chi connectivity index (χ3n) is 5.44. The van der Waals surface area contributed by atoms with E-state index in [0.29, 0.717) is 5.39 Å². The number of H-pyrrole nitrogens is 1. The minimum atomic E-state index is -4.12. The summed E-state index contributed by atoms with van der Waals surface area (Å²) in [6, 6.07) is 6.79. The molecule has 2 atom stereocenters. The van der Waals surface area contributed by atoms with Gasteiger partial charge < -0.3 is 4.55 Å². The van der Waals surface area contributed by atoms with Crippen molar-refractivity contribution >= 4 is 49.8 Å². The largest absolute Gasteiger partial charge is 0.587 e. The van der Waals surface area contributed by atoms with Gasteiger partial charge in [-0.25, -0.2) is 15.1 Å². The van der Waals surface area contributed by atoms with E-state index < -0.39 is 33.8 Å². The third-order valence-corrected chi connectivity index (χ3v) is 6.77. The van der Waals surface area contributed by atoms with Gasteiger partial charge in [0.2, 0.25) is 11.8 Å². The first kappa shape index (κ1) is 20.9. The number of para-hydroxylation sites is 1. The van der Waals surface area contributed by atoms with Crippen LogP contribution in [0.3, 0.4) is 0 Å². The molecule has 1 saturated heterocycles. The van der Waals surface area contributed by atoms with E-state index in [0.717, 1.165) is 0 Å². The van der Waals surface area contributed by atoms with Crippen molar-refractivity contribution in [3.8, 4) is 0 Å². The number of aromatic nitrogens is 5. The van der Waals surface area contributed by atoms with Crippen LogP contribution in [-0.2, 0) is 24.2 Å². The maximum Gasteiger partial charge on any atom is 0.277 e. The van der Waals surface area contributed by atoms with Gasteiger partial charge in [0.25, 0.3) is 10.6 Å². The van der Waals surface area contributed by atoms with Crippen molar-refractivity contribution in [2.24, 2.45) is 0 Å². The molecular formula is C20H17N7O5S. The number of aromatic amines is 1. The fourth-order valence-electron chi connectivity index (χ4n) is 3.93. The van der Waals surface area contributed by atoms with Gasteiger partial charge in [-0.1, -0.05) is 10.3 Å². The fraction of sp³-hybridized carbons (Fsp3) is 0.200. The number of hydrogen-bond donors (Lipinski definition) is 3. The van der Waals surface area contributed by atoms with Crippen molar-refractivity contribution in [2.75, 3.05) is 4.72 Å². The standard InChI is InChI=1S/C20H17N7O5S/c1-10-22-16-11(20(30)27(10)14-7-8-15(28)23-18(14)29)4-2-6-13(16)26-33(31,32)19-12-5-3-9-21-17(12)24-25-19/h2-6,9,14H,7-8H2,1H3,(H3-,21,23,24,25,26,28,29,31,32). The second-order valence-electron chi connectivity index (χ2n) is 7.54. The van der Waals surface area contributed by atoms with Crippen molar-refractivity contribution < 1.29 is 18.4 Å². The van der Waals surface area contributed by atoms with Gasteiger partial charge in [-0.2, -0.15) is 9.82 Å². The average molecular weight is 467 g/mol. The lowest BCUT2D eigenvalue weighted by Crippen LogP contribution is -2.45. The molecule has 1 aromatic carbocycles. The molecule has 1 aliphatic rings. The number of piperidine rings is 1. The van der Waals surface area contributed by atoms with Gasteiger partial charge >= 0.3 is 0 Å². The van der Waals surface area contributed by atoms with E-state index in [-0.39, 0.29) is 45.9 Å². The topological polar surface area (TPSA) is 175 Å². The van der Waals surface area contributed by atoms with Crippen LogP contribution in [0.1, 0.15) is 24.7 Å². The van der Waals surface area contributed by atoms with Gasteiger partial charge in [0, 0.05) is 12.6 Å². The molecule has 0 radical (unpaired) electrons. The smallest absolute Gasteiger partial charge is 0.277 e. The Kier molecular flexibility index (Phi) is 4.79. The summed E-state index contributed by atoms with van der Waals surface area (Å²) < 4.78 is 29.8. The van der Waals surface area contributed by atoms with E-state index in [1.54, 1.807) is 19.1 Å². The first-order valence-electron chi connectivity index (χ1n) is 9.94. The van der Waals surface area contributed by atoms with Crippen LogP contribution >= 0.6 is 0 Å². The Hall–Kier alpha value is -3.97. The second kappa shape index (κ2) is 7.56. The van der Waals surface area contributed by atoms with Crippen molar-refractivity contribution in [3.63, 3.8) is 0 Å². The zero-order chi connectivity index (χ0) is 23.3. The number of nitrogens with zero attached hydrogens (tertiary/aromatic N) is 4. The van der Waals surface area contributed by atoms with Gasteiger partial charge in [-0.3, -0.25) is 24.3 Å². The second-order valence-corrected chi connectivity index (χ2v) is 9.15. The number of carbonyl (C=O) groups excluding carboxylic acids is 2. The first-order chi connectivity index (χ1) is 15.8. The van der Waals surface area contributed by atoms with E-state index in [9.17, 15) is 23.1 Å². The van der Waals surface area contributed by atoms with E-state index >= 15 is 0 Å². The number of pyridine rings is 1. The minimum absolute atomic E-state index is 0.0924. The van der Waals surface area contributed by atoms with Crippen molar-refractivity contribution in [2.45, 2.75) is 30.8 Å². The Bertz CT molecular complexity index is 1560. The molecule has 1 aliphatic heterocycles. The van der Waals surface area contributed by atoms with Crippen LogP contribution in [0.2, 0.25) is 0 Å². The van der Waals surface area contributed by atoms with Crippen LogP contribution < -0.4 is 15.6 Å². The lowest BCUT2D eigenvalue weighted by Gasteiger charge is -2.24. The molecule has 168 valence electrons. The minimum Gasteiger partial charge on any atom is -0.587 e. The van der Waals surface area contributed by atoms with Gasteiger partial charge in [0.15, 0.2) is 16.0 Å². The average Bonchev–Trinajstić information content (AvgIpc) is 3.21. The molecule has 12 nitrogen and oxygen atoms in total. The molecule has 4 aromatic rings.